The Morgan fingerprint density at radius 2 is 1.97 bits per heavy atom. The summed E-state index contributed by atoms with van der Waals surface area (Å²) in [5, 5.41) is 12.4. The maximum Gasteiger partial charge on any atom is 0.246 e. The molecular weight excluding hydrogens is 458 g/mol. The number of ether oxygens (including phenoxy) is 1. The van der Waals surface area contributed by atoms with E-state index in [-0.39, 0.29) is 0 Å². The van der Waals surface area contributed by atoms with Gasteiger partial charge in [0.2, 0.25) is 5.95 Å². The molecule has 176 valence electrons. The SMILES string of the molecule is Cc1cccc(Cn2nc(/C=N/Nc3nc(N4CCOCC4)c4sccc4n3)c3ccccc32)c1. The van der Waals surface area contributed by atoms with Gasteiger partial charge in [-0.05, 0) is 30.0 Å². The molecule has 35 heavy (non-hydrogen) atoms. The number of aromatic nitrogens is 4. The van der Waals surface area contributed by atoms with Crippen LogP contribution in [0, 0.1) is 6.92 Å². The summed E-state index contributed by atoms with van der Waals surface area (Å²) in [6.45, 7) is 5.85. The number of thiophene rings is 1. The second kappa shape index (κ2) is 9.44. The summed E-state index contributed by atoms with van der Waals surface area (Å²) in [5.74, 6) is 1.40. The average molecular weight is 484 g/mol. The van der Waals surface area contributed by atoms with E-state index >= 15 is 0 Å². The second-order valence-corrected chi connectivity index (χ2v) is 9.44. The van der Waals surface area contributed by atoms with E-state index in [1.54, 1.807) is 17.6 Å². The lowest BCUT2D eigenvalue weighted by atomic mass is 10.1. The molecule has 1 aliphatic heterocycles. The van der Waals surface area contributed by atoms with Crippen LogP contribution < -0.4 is 10.3 Å². The fraction of sp³-hybridized carbons (Fsp3) is 0.231. The molecule has 1 saturated heterocycles. The van der Waals surface area contributed by atoms with Crippen molar-refractivity contribution < 1.29 is 4.74 Å². The lowest BCUT2D eigenvalue weighted by Crippen LogP contribution is -2.36. The van der Waals surface area contributed by atoms with Crippen molar-refractivity contribution in [1.82, 2.24) is 19.7 Å². The smallest absolute Gasteiger partial charge is 0.246 e. The number of rotatable bonds is 6. The molecule has 1 fully saturated rings. The highest BCUT2D eigenvalue weighted by Crippen LogP contribution is 2.30. The third-order valence-electron chi connectivity index (χ3n) is 6.05. The van der Waals surface area contributed by atoms with Gasteiger partial charge in [-0.3, -0.25) is 4.68 Å². The van der Waals surface area contributed by atoms with Crippen molar-refractivity contribution in [1.29, 1.82) is 0 Å². The number of anilines is 2. The topological polar surface area (TPSA) is 80.5 Å². The average Bonchev–Trinajstić information content (AvgIpc) is 3.49. The van der Waals surface area contributed by atoms with Crippen molar-refractivity contribution in [2.24, 2.45) is 5.10 Å². The normalized spacial score (nSPS) is 14.4. The molecule has 3 aromatic heterocycles. The van der Waals surface area contributed by atoms with Crippen molar-refractivity contribution in [3.63, 3.8) is 0 Å². The molecule has 0 radical (unpaired) electrons. The van der Waals surface area contributed by atoms with E-state index in [0.29, 0.717) is 25.7 Å². The maximum atomic E-state index is 5.51. The monoisotopic (exact) mass is 483 g/mol. The Bertz CT molecular complexity index is 1520. The molecule has 1 aliphatic rings. The fourth-order valence-corrected chi connectivity index (χ4v) is 5.24. The van der Waals surface area contributed by atoms with E-state index in [2.05, 4.69) is 63.7 Å². The molecule has 9 heteroatoms. The summed E-state index contributed by atoms with van der Waals surface area (Å²) in [6, 6.07) is 18.7. The van der Waals surface area contributed by atoms with Crippen LogP contribution in [-0.2, 0) is 11.3 Å². The summed E-state index contributed by atoms with van der Waals surface area (Å²) in [4.78, 5) is 11.7. The minimum atomic E-state index is 0.470. The molecule has 4 heterocycles. The van der Waals surface area contributed by atoms with E-state index in [1.807, 2.05) is 28.3 Å². The predicted octanol–water partition coefficient (Wildman–Crippen LogP) is 4.68. The van der Waals surface area contributed by atoms with Gasteiger partial charge >= 0.3 is 0 Å². The number of benzene rings is 2. The standard InChI is InChI=1S/C26H25N7OS/c1-18-5-4-6-19(15-18)17-33-23-8-3-2-7-20(23)22(31-33)16-27-30-26-28-21-9-14-35-24(21)25(29-26)32-10-12-34-13-11-32/h2-9,14-16H,10-13,17H2,1H3,(H,28,29,30)/b27-16+. The van der Waals surface area contributed by atoms with Crippen molar-refractivity contribution >= 4 is 50.4 Å². The lowest BCUT2D eigenvalue weighted by molar-refractivity contribution is 0.122. The first-order valence-corrected chi connectivity index (χ1v) is 12.5. The summed E-state index contributed by atoms with van der Waals surface area (Å²) in [7, 11) is 0. The van der Waals surface area contributed by atoms with Crippen molar-refractivity contribution in [3.05, 3.63) is 76.8 Å². The summed E-state index contributed by atoms with van der Waals surface area (Å²) < 4.78 is 8.62. The van der Waals surface area contributed by atoms with Gasteiger partial charge in [-0.1, -0.05) is 48.0 Å². The first-order chi connectivity index (χ1) is 17.2. The zero-order valence-electron chi connectivity index (χ0n) is 19.4. The van der Waals surface area contributed by atoms with E-state index in [1.165, 1.54) is 11.1 Å². The van der Waals surface area contributed by atoms with Crippen LogP contribution in [0.15, 0.2) is 65.1 Å². The molecule has 0 aliphatic carbocycles. The van der Waals surface area contributed by atoms with Crippen LogP contribution in [0.2, 0.25) is 0 Å². The highest BCUT2D eigenvalue weighted by atomic mass is 32.1. The van der Waals surface area contributed by atoms with Crippen molar-refractivity contribution in [2.45, 2.75) is 13.5 Å². The quantitative estimate of drug-likeness (QED) is 0.279. The van der Waals surface area contributed by atoms with Gasteiger partial charge in [0.05, 0.1) is 41.7 Å². The van der Waals surface area contributed by atoms with Gasteiger partial charge in [-0.2, -0.15) is 15.2 Å². The van der Waals surface area contributed by atoms with E-state index in [4.69, 9.17) is 14.8 Å². The van der Waals surface area contributed by atoms with Gasteiger partial charge in [0, 0.05) is 18.5 Å². The Hall–Kier alpha value is -3.82. The van der Waals surface area contributed by atoms with Crippen LogP contribution in [-0.4, -0.2) is 52.3 Å². The largest absolute Gasteiger partial charge is 0.378 e. The van der Waals surface area contributed by atoms with Crippen LogP contribution in [0.5, 0.6) is 0 Å². The van der Waals surface area contributed by atoms with Crippen molar-refractivity contribution in [3.8, 4) is 0 Å². The van der Waals surface area contributed by atoms with E-state index < -0.39 is 0 Å². The number of hydrazone groups is 1. The van der Waals surface area contributed by atoms with Gasteiger partial charge in [0.15, 0.2) is 5.82 Å². The Morgan fingerprint density at radius 1 is 1.09 bits per heavy atom. The first-order valence-electron chi connectivity index (χ1n) is 11.6. The molecule has 0 bridgehead atoms. The van der Waals surface area contributed by atoms with Gasteiger partial charge in [-0.25, -0.2) is 10.4 Å². The number of morpholine rings is 1. The number of nitrogens with zero attached hydrogens (tertiary/aromatic N) is 6. The van der Waals surface area contributed by atoms with Gasteiger partial charge in [0.25, 0.3) is 0 Å². The molecule has 2 aromatic carbocycles. The third-order valence-corrected chi connectivity index (χ3v) is 6.95. The number of fused-ring (bicyclic) bond motifs is 2. The Kier molecular flexibility index (Phi) is 5.85. The molecule has 6 rings (SSSR count). The van der Waals surface area contributed by atoms with Crippen LogP contribution in [0.4, 0.5) is 11.8 Å². The molecule has 1 N–H and O–H groups in total. The maximum absolute atomic E-state index is 5.51. The predicted molar refractivity (Wildman–Crippen MR) is 142 cm³/mol. The van der Waals surface area contributed by atoms with Crippen LogP contribution in [0.1, 0.15) is 16.8 Å². The van der Waals surface area contributed by atoms with Gasteiger partial charge in [-0.15, -0.1) is 11.3 Å². The number of hydrogen-bond acceptors (Lipinski definition) is 8. The number of nitrogens with one attached hydrogen (secondary N) is 1. The highest BCUT2D eigenvalue weighted by Gasteiger charge is 2.18. The number of hydrogen-bond donors (Lipinski definition) is 1. The first kappa shape index (κ1) is 21.7. The second-order valence-electron chi connectivity index (χ2n) is 8.52. The molecule has 0 saturated carbocycles. The minimum absolute atomic E-state index is 0.470. The summed E-state index contributed by atoms with van der Waals surface area (Å²) in [5.41, 5.74) is 8.27. The zero-order chi connectivity index (χ0) is 23.6. The molecule has 0 unspecified atom stereocenters. The summed E-state index contributed by atoms with van der Waals surface area (Å²) in [6.07, 6.45) is 1.74. The Balaban J connectivity index is 1.28. The van der Waals surface area contributed by atoms with E-state index in [0.717, 1.165) is 45.7 Å². The third kappa shape index (κ3) is 4.48. The van der Waals surface area contributed by atoms with Crippen LogP contribution >= 0.6 is 11.3 Å². The molecule has 8 nitrogen and oxygen atoms in total. The summed E-state index contributed by atoms with van der Waals surface area (Å²) >= 11 is 1.66. The number of aryl methyl sites for hydroxylation is 1. The van der Waals surface area contributed by atoms with Crippen molar-refractivity contribution in [2.75, 3.05) is 36.6 Å². The van der Waals surface area contributed by atoms with E-state index in [9.17, 15) is 0 Å². The zero-order valence-corrected chi connectivity index (χ0v) is 20.2. The Morgan fingerprint density at radius 3 is 2.86 bits per heavy atom. The molecular formula is C26H25N7OS. The van der Waals surface area contributed by atoms with Gasteiger partial charge < -0.3 is 9.64 Å². The fourth-order valence-electron chi connectivity index (χ4n) is 4.39. The minimum Gasteiger partial charge on any atom is -0.378 e. The molecule has 0 atom stereocenters. The molecule has 0 spiro atoms. The molecule has 5 aromatic rings. The van der Waals surface area contributed by atoms with Crippen LogP contribution in [0.25, 0.3) is 21.1 Å². The molecule has 0 amide bonds. The highest BCUT2D eigenvalue weighted by molar-refractivity contribution is 7.17. The Labute approximate surface area is 206 Å². The number of para-hydroxylation sites is 1. The van der Waals surface area contributed by atoms with Gasteiger partial charge in [0.1, 0.15) is 5.69 Å². The van der Waals surface area contributed by atoms with Crippen LogP contribution in [0.3, 0.4) is 0 Å². The lowest BCUT2D eigenvalue weighted by Gasteiger charge is -2.28.